The van der Waals surface area contributed by atoms with Crippen LogP contribution in [0.2, 0.25) is 0 Å². The van der Waals surface area contributed by atoms with Crippen molar-refractivity contribution in [3.63, 3.8) is 0 Å². The Bertz CT molecular complexity index is 73.5. The summed E-state index contributed by atoms with van der Waals surface area (Å²) in [6, 6.07) is 0. The highest BCUT2D eigenvalue weighted by Crippen LogP contribution is 1.95. The Balaban J connectivity index is 0. The minimum atomic E-state index is -1.12. The van der Waals surface area contributed by atoms with Gasteiger partial charge in [0.05, 0.1) is 0 Å². The van der Waals surface area contributed by atoms with Crippen LogP contribution in [0.1, 0.15) is 39.5 Å². The van der Waals surface area contributed by atoms with Crippen LogP contribution in [0.4, 0.5) is 0 Å². The molecule has 0 heterocycles. The van der Waals surface area contributed by atoms with E-state index in [1.165, 1.54) is 0 Å². The first-order valence-electron chi connectivity index (χ1n) is 4.26. The van der Waals surface area contributed by atoms with Gasteiger partial charge in [-0.2, -0.15) is 0 Å². The normalized spacial score (nSPS) is 10.0. The fraction of sp³-hybridized carbons (Fsp3) is 1.00. The molecule has 0 aliphatic carbocycles. The molecule has 0 unspecified atom stereocenters. The van der Waals surface area contributed by atoms with Crippen molar-refractivity contribution in [2.24, 2.45) is 0 Å². The van der Waals surface area contributed by atoms with Crippen molar-refractivity contribution in [1.82, 2.24) is 0 Å². The van der Waals surface area contributed by atoms with Crippen molar-refractivity contribution >= 4 is 0 Å². The molecule has 0 aromatic rings. The van der Waals surface area contributed by atoms with Crippen LogP contribution in [0.15, 0.2) is 0 Å². The number of rotatable bonds is 4. The molecule has 0 aromatic carbocycles. The molecule has 0 aromatic heterocycles. The topological polar surface area (TPSA) is 80.9 Å². The zero-order valence-corrected chi connectivity index (χ0v) is 7.77. The lowest BCUT2D eigenvalue weighted by Crippen LogP contribution is -2.02. The van der Waals surface area contributed by atoms with E-state index in [1.807, 2.05) is 6.92 Å². The SMILES string of the molecule is CCC(O)O.CCCCC(O)O. The van der Waals surface area contributed by atoms with E-state index in [4.69, 9.17) is 20.4 Å². The molecule has 4 nitrogen and oxygen atoms in total. The molecule has 0 fully saturated rings. The van der Waals surface area contributed by atoms with Crippen LogP contribution in [0, 0.1) is 0 Å². The zero-order chi connectivity index (χ0) is 9.98. The zero-order valence-electron chi connectivity index (χ0n) is 7.77. The lowest BCUT2D eigenvalue weighted by Gasteiger charge is -1.97. The van der Waals surface area contributed by atoms with E-state index in [0.29, 0.717) is 12.8 Å². The van der Waals surface area contributed by atoms with Gasteiger partial charge < -0.3 is 20.4 Å². The van der Waals surface area contributed by atoms with Gasteiger partial charge in [0.2, 0.25) is 0 Å². The van der Waals surface area contributed by atoms with Gasteiger partial charge in [0.1, 0.15) is 0 Å². The average molecular weight is 180 g/mol. The van der Waals surface area contributed by atoms with Crippen molar-refractivity contribution in [3.8, 4) is 0 Å². The third-order valence-corrected chi connectivity index (χ3v) is 1.18. The summed E-state index contributed by atoms with van der Waals surface area (Å²) >= 11 is 0. The summed E-state index contributed by atoms with van der Waals surface area (Å²) in [6.07, 6.45) is 0.640. The summed E-state index contributed by atoms with van der Waals surface area (Å²) in [5, 5.41) is 32.3. The molecule has 4 N–H and O–H groups in total. The number of hydrogen-bond acceptors (Lipinski definition) is 4. The van der Waals surface area contributed by atoms with E-state index in [1.54, 1.807) is 6.92 Å². The summed E-state index contributed by atoms with van der Waals surface area (Å²) in [5.41, 5.74) is 0. The molecular formula is C8H20O4. The predicted molar refractivity (Wildman–Crippen MR) is 46.3 cm³/mol. The van der Waals surface area contributed by atoms with Gasteiger partial charge in [-0.3, -0.25) is 0 Å². The fourth-order valence-electron chi connectivity index (χ4n) is 0.387. The Morgan fingerprint density at radius 2 is 1.33 bits per heavy atom. The van der Waals surface area contributed by atoms with E-state index >= 15 is 0 Å². The van der Waals surface area contributed by atoms with Gasteiger partial charge in [0.15, 0.2) is 12.6 Å². The smallest absolute Gasteiger partial charge is 0.151 e. The van der Waals surface area contributed by atoms with Crippen LogP contribution in [0.5, 0.6) is 0 Å². The van der Waals surface area contributed by atoms with Crippen molar-refractivity contribution in [2.75, 3.05) is 0 Å². The highest BCUT2D eigenvalue weighted by molar-refractivity contribution is 4.36. The van der Waals surface area contributed by atoms with Crippen molar-refractivity contribution in [3.05, 3.63) is 0 Å². The second-order valence-corrected chi connectivity index (χ2v) is 2.51. The predicted octanol–water partition coefficient (Wildman–Crippen LogP) is 0.194. The first kappa shape index (κ1) is 14.4. The van der Waals surface area contributed by atoms with Gasteiger partial charge in [-0.05, 0) is 19.3 Å². The van der Waals surface area contributed by atoms with Crippen LogP contribution in [-0.4, -0.2) is 33.0 Å². The molecule has 0 spiro atoms. The third-order valence-electron chi connectivity index (χ3n) is 1.18. The molecule has 0 radical (unpaired) electrons. The summed E-state index contributed by atoms with van der Waals surface area (Å²) in [6.45, 7) is 3.72. The van der Waals surface area contributed by atoms with Crippen LogP contribution in [0.3, 0.4) is 0 Å². The number of hydrogen-bond donors (Lipinski definition) is 4. The van der Waals surface area contributed by atoms with Gasteiger partial charge in [-0.25, -0.2) is 0 Å². The van der Waals surface area contributed by atoms with Crippen molar-refractivity contribution < 1.29 is 20.4 Å². The maximum Gasteiger partial charge on any atom is 0.151 e. The second kappa shape index (κ2) is 10.8. The van der Waals surface area contributed by atoms with Crippen LogP contribution >= 0.6 is 0 Å². The van der Waals surface area contributed by atoms with E-state index in [9.17, 15) is 0 Å². The maximum absolute atomic E-state index is 8.24. The average Bonchev–Trinajstić information content (AvgIpc) is 2.02. The molecule has 0 atom stereocenters. The van der Waals surface area contributed by atoms with Gasteiger partial charge in [-0.1, -0.05) is 20.3 Å². The first-order valence-corrected chi connectivity index (χ1v) is 4.26. The summed E-state index contributed by atoms with van der Waals surface area (Å²) in [7, 11) is 0. The van der Waals surface area contributed by atoms with Crippen molar-refractivity contribution in [1.29, 1.82) is 0 Å². The van der Waals surface area contributed by atoms with E-state index in [0.717, 1.165) is 12.8 Å². The van der Waals surface area contributed by atoms with Gasteiger partial charge in [-0.15, -0.1) is 0 Å². The highest BCUT2D eigenvalue weighted by Gasteiger charge is 1.92. The van der Waals surface area contributed by atoms with E-state index < -0.39 is 12.6 Å². The van der Waals surface area contributed by atoms with Crippen LogP contribution in [0.25, 0.3) is 0 Å². The first-order chi connectivity index (χ1) is 5.54. The Morgan fingerprint density at radius 3 is 1.42 bits per heavy atom. The number of unbranched alkanes of at least 4 members (excludes halogenated alkanes) is 1. The van der Waals surface area contributed by atoms with Gasteiger partial charge >= 0.3 is 0 Å². The molecule has 12 heavy (non-hydrogen) atoms. The summed E-state index contributed by atoms with van der Waals surface area (Å²) < 4.78 is 0. The highest BCUT2D eigenvalue weighted by atomic mass is 16.5. The molecule has 76 valence electrons. The third kappa shape index (κ3) is 22.5. The molecule has 4 heteroatoms. The van der Waals surface area contributed by atoms with Crippen molar-refractivity contribution in [2.45, 2.75) is 52.1 Å². The summed E-state index contributed by atoms with van der Waals surface area (Å²) in [5.74, 6) is 0. The Labute approximate surface area is 73.5 Å². The number of aliphatic hydroxyl groups is 4. The molecule has 0 saturated heterocycles. The lowest BCUT2D eigenvalue weighted by atomic mass is 10.2. The Hall–Kier alpha value is -0.160. The van der Waals surface area contributed by atoms with Gasteiger partial charge in [0, 0.05) is 0 Å². The Kier molecular flexibility index (Phi) is 13.0. The minimum Gasteiger partial charge on any atom is -0.368 e. The Morgan fingerprint density at radius 1 is 0.917 bits per heavy atom. The largest absolute Gasteiger partial charge is 0.368 e. The monoisotopic (exact) mass is 180 g/mol. The minimum absolute atomic E-state index is 0.417. The quantitative estimate of drug-likeness (QED) is 0.466. The number of aliphatic hydroxyl groups excluding tert-OH is 2. The lowest BCUT2D eigenvalue weighted by molar-refractivity contribution is -0.0464. The van der Waals surface area contributed by atoms with Gasteiger partial charge in [0.25, 0.3) is 0 Å². The molecule has 0 aliphatic heterocycles. The summed E-state index contributed by atoms with van der Waals surface area (Å²) in [4.78, 5) is 0. The molecule has 0 rings (SSSR count). The van der Waals surface area contributed by atoms with Crippen LogP contribution in [-0.2, 0) is 0 Å². The molecule has 0 bridgehead atoms. The maximum atomic E-state index is 8.24. The van der Waals surface area contributed by atoms with Crippen LogP contribution < -0.4 is 0 Å². The van der Waals surface area contributed by atoms with E-state index in [2.05, 4.69) is 0 Å². The molecule has 0 saturated carbocycles. The fourth-order valence-corrected chi connectivity index (χ4v) is 0.387. The molecule has 0 aliphatic rings. The van der Waals surface area contributed by atoms with E-state index in [-0.39, 0.29) is 0 Å². The second-order valence-electron chi connectivity index (χ2n) is 2.51. The molecule has 0 amide bonds. The molecular weight excluding hydrogens is 160 g/mol. The standard InChI is InChI=1S/C5H12O2.C3H8O2/c1-2-3-4-5(6)7;1-2-3(4)5/h5-7H,2-4H2,1H3;3-5H,2H2,1H3.